The summed E-state index contributed by atoms with van der Waals surface area (Å²) in [5.41, 5.74) is 2.68. The Bertz CT molecular complexity index is 918. The molecule has 4 nitrogen and oxygen atoms in total. The molecule has 28 heavy (non-hydrogen) atoms. The van der Waals surface area contributed by atoms with Gasteiger partial charge in [-0.1, -0.05) is 66.7 Å². The monoisotopic (exact) mass is 375 g/mol. The Morgan fingerprint density at radius 2 is 1.64 bits per heavy atom. The van der Waals surface area contributed by atoms with Crippen molar-refractivity contribution in [2.45, 2.75) is 18.9 Å². The first-order valence-corrected chi connectivity index (χ1v) is 9.26. The Kier molecular flexibility index (Phi) is 6.12. The Balaban J connectivity index is 1.60. The zero-order chi connectivity index (χ0) is 20.0. The number of hydrogen-bond acceptors (Lipinski definition) is 3. The summed E-state index contributed by atoms with van der Waals surface area (Å²) in [7, 11) is 1.60. The average molecular weight is 375 g/mol. The van der Waals surface area contributed by atoms with Gasteiger partial charge in [-0.3, -0.25) is 4.79 Å². The van der Waals surface area contributed by atoms with Gasteiger partial charge in [0.15, 0.2) is 0 Å². The molecule has 0 unspecified atom stereocenters. The van der Waals surface area contributed by atoms with Gasteiger partial charge in [-0.05, 0) is 41.3 Å². The van der Waals surface area contributed by atoms with E-state index in [1.165, 1.54) is 0 Å². The van der Waals surface area contributed by atoms with Crippen LogP contribution in [0.25, 0.3) is 11.1 Å². The van der Waals surface area contributed by atoms with Crippen LogP contribution in [0.3, 0.4) is 0 Å². The largest absolute Gasteiger partial charge is 0.497 e. The quantitative estimate of drug-likeness (QED) is 0.658. The van der Waals surface area contributed by atoms with Gasteiger partial charge in [-0.25, -0.2) is 0 Å². The topological polar surface area (TPSA) is 58.6 Å². The van der Waals surface area contributed by atoms with Crippen LogP contribution in [0.4, 0.5) is 0 Å². The molecule has 0 aliphatic carbocycles. The van der Waals surface area contributed by atoms with E-state index in [0.29, 0.717) is 0 Å². The lowest BCUT2D eigenvalue weighted by Gasteiger charge is -2.24. The normalized spacial score (nSPS) is 12.8. The molecule has 2 N–H and O–H groups in total. The lowest BCUT2D eigenvalue weighted by atomic mass is 9.93. The van der Waals surface area contributed by atoms with Gasteiger partial charge in [0, 0.05) is 0 Å². The Labute approximate surface area is 165 Å². The number of carbonyl (C=O) groups is 1. The van der Waals surface area contributed by atoms with E-state index in [-0.39, 0.29) is 18.9 Å². The minimum absolute atomic E-state index is 0.139. The molecule has 3 aromatic rings. The molecule has 0 saturated heterocycles. The van der Waals surface area contributed by atoms with Crippen molar-refractivity contribution in [3.63, 3.8) is 0 Å². The number of rotatable bonds is 7. The predicted molar refractivity (Wildman–Crippen MR) is 111 cm³/mol. The van der Waals surface area contributed by atoms with E-state index in [1.54, 1.807) is 14.0 Å². The van der Waals surface area contributed by atoms with Gasteiger partial charge in [0.05, 0.1) is 20.1 Å². The zero-order valence-corrected chi connectivity index (χ0v) is 16.2. The van der Waals surface area contributed by atoms with Crippen LogP contribution in [0.1, 0.15) is 18.1 Å². The van der Waals surface area contributed by atoms with Crippen molar-refractivity contribution < 1.29 is 14.6 Å². The number of ether oxygens (including phenoxy) is 1. The summed E-state index contributed by atoms with van der Waals surface area (Å²) in [5.74, 6) is 0.574. The second-order valence-electron chi connectivity index (χ2n) is 7.02. The summed E-state index contributed by atoms with van der Waals surface area (Å²) >= 11 is 0. The molecule has 0 saturated carbocycles. The van der Waals surface area contributed by atoms with Gasteiger partial charge in [0.25, 0.3) is 0 Å². The molecule has 0 radical (unpaired) electrons. The highest BCUT2D eigenvalue weighted by Crippen LogP contribution is 2.25. The first kappa shape index (κ1) is 19.6. The third-order valence-corrected chi connectivity index (χ3v) is 4.74. The van der Waals surface area contributed by atoms with Crippen molar-refractivity contribution >= 4 is 5.91 Å². The average Bonchev–Trinajstić information content (AvgIpc) is 2.73. The molecule has 0 aromatic heterocycles. The highest BCUT2D eigenvalue weighted by atomic mass is 16.5. The number of nitrogens with one attached hydrogen (secondary N) is 1. The third-order valence-electron chi connectivity index (χ3n) is 4.74. The molecule has 0 bridgehead atoms. The lowest BCUT2D eigenvalue weighted by Crippen LogP contribution is -2.39. The molecule has 0 heterocycles. The maximum Gasteiger partial charge on any atom is 0.224 e. The summed E-state index contributed by atoms with van der Waals surface area (Å²) in [6, 6.07) is 25.2. The minimum atomic E-state index is -1.15. The van der Waals surface area contributed by atoms with Crippen LogP contribution in [0, 0.1) is 0 Å². The number of carbonyl (C=O) groups excluding carboxylic acids is 1. The van der Waals surface area contributed by atoms with E-state index in [9.17, 15) is 9.90 Å². The van der Waals surface area contributed by atoms with E-state index in [4.69, 9.17) is 4.74 Å². The first-order chi connectivity index (χ1) is 13.5. The van der Waals surface area contributed by atoms with Crippen LogP contribution in [-0.4, -0.2) is 24.7 Å². The van der Waals surface area contributed by atoms with Gasteiger partial charge in [-0.15, -0.1) is 0 Å². The van der Waals surface area contributed by atoms with Crippen LogP contribution in [0.5, 0.6) is 5.75 Å². The smallest absolute Gasteiger partial charge is 0.224 e. The van der Waals surface area contributed by atoms with E-state index >= 15 is 0 Å². The molecule has 1 amide bonds. The molecular formula is C24H25NO3. The Morgan fingerprint density at radius 3 is 2.32 bits per heavy atom. The van der Waals surface area contributed by atoms with E-state index in [0.717, 1.165) is 28.0 Å². The Morgan fingerprint density at radius 1 is 0.964 bits per heavy atom. The first-order valence-electron chi connectivity index (χ1n) is 9.26. The molecule has 4 heteroatoms. The molecule has 0 spiro atoms. The van der Waals surface area contributed by atoms with Gasteiger partial charge in [0.2, 0.25) is 5.91 Å². The summed E-state index contributed by atoms with van der Waals surface area (Å²) < 4.78 is 5.18. The van der Waals surface area contributed by atoms with Crippen molar-refractivity contribution in [2.75, 3.05) is 13.7 Å². The maximum absolute atomic E-state index is 12.3. The molecule has 0 aliphatic heterocycles. The standard InChI is InChI=1S/C24H25NO3/c1-24(27,17-25-23(26)16-18-7-6-10-22(15-18)28-2)21-13-11-20(12-14-21)19-8-4-3-5-9-19/h3-15,27H,16-17H2,1-2H3,(H,25,26)/t24-/m1/s1. The fourth-order valence-corrected chi connectivity index (χ4v) is 3.06. The summed E-state index contributed by atoms with van der Waals surface area (Å²) in [4.78, 5) is 12.3. The predicted octanol–water partition coefficient (Wildman–Crippen LogP) is 3.93. The summed E-state index contributed by atoms with van der Waals surface area (Å²) in [6.45, 7) is 1.84. The van der Waals surface area contributed by atoms with Gasteiger partial charge >= 0.3 is 0 Å². The third kappa shape index (κ3) is 4.99. The fourth-order valence-electron chi connectivity index (χ4n) is 3.06. The maximum atomic E-state index is 12.3. The number of amides is 1. The summed E-state index contributed by atoms with van der Waals surface area (Å²) in [5, 5.41) is 13.6. The van der Waals surface area contributed by atoms with E-state index in [1.807, 2.05) is 78.9 Å². The van der Waals surface area contributed by atoms with Gasteiger partial charge < -0.3 is 15.2 Å². The summed E-state index contributed by atoms with van der Waals surface area (Å²) in [6.07, 6.45) is 0.236. The molecule has 0 fully saturated rings. The van der Waals surface area contributed by atoms with Gasteiger partial charge in [-0.2, -0.15) is 0 Å². The van der Waals surface area contributed by atoms with Crippen LogP contribution >= 0.6 is 0 Å². The van der Waals surface area contributed by atoms with Crippen molar-refractivity contribution in [1.82, 2.24) is 5.32 Å². The molecule has 144 valence electrons. The molecule has 0 aliphatic rings. The molecule has 3 rings (SSSR count). The lowest BCUT2D eigenvalue weighted by molar-refractivity contribution is -0.121. The Hall–Kier alpha value is -3.11. The molecule has 1 atom stereocenters. The molecule has 3 aromatic carbocycles. The highest BCUT2D eigenvalue weighted by molar-refractivity contribution is 5.78. The zero-order valence-electron chi connectivity index (χ0n) is 16.2. The second kappa shape index (κ2) is 8.72. The van der Waals surface area contributed by atoms with Gasteiger partial charge in [0.1, 0.15) is 11.4 Å². The van der Waals surface area contributed by atoms with Crippen LogP contribution in [-0.2, 0) is 16.8 Å². The van der Waals surface area contributed by atoms with Crippen LogP contribution in [0.2, 0.25) is 0 Å². The highest BCUT2D eigenvalue weighted by Gasteiger charge is 2.23. The molecular weight excluding hydrogens is 350 g/mol. The van der Waals surface area contributed by atoms with Crippen LogP contribution < -0.4 is 10.1 Å². The van der Waals surface area contributed by atoms with Crippen molar-refractivity contribution in [3.05, 3.63) is 90.0 Å². The van der Waals surface area contributed by atoms with Crippen molar-refractivity contribution in [3.8, 4) is 16.9 Å². The van der Waals surface area contributed by atoms with Crippen LogP contribution in [0.15, 0.2) is 78.9 Å². The SMILES string of the molecule is COc1cccc(CC(=O)NC[C@@](C)(O)c2ccc(-c3ccccc3)cc2)c1. The number of methoxy groups -OCH3 is 1. The van der Waals surface area contributed by atoms with Crippen molar-refractivity contribution in [2.24, 2.45) is 0 Å². The van der Waals surface area contributed by atoms with Crippen molar-refractivity contribution in [1.29, 1.82) is 0 Å². The minimum Gasteiger partial charge on any atom is -0.497 e. The number of aliphatic hydroxyl groups is 1. The van der Waals surface area contributed by atoms with E-state index < -0.39 is 5.60 Å². The fraction of sp³-hybridized carbons (Fsp3) is 0.208. The number of hydrogen-bond donors (Lipinski definition) is 2. The van der Waals surface area contributed by atoms with E-state index in [2.05, 4.69) is 5.32 Å². The number of benzene rings is 3. The second-order valence-corrected chi connectivity index (χ2v) is 7.02.